The van der Waals surface area contributed by atoms with Crippen LogP contribution in [0.1, 0.15) is 16.1 Å². The summed E-state index contributed by atoms with van der Waals surface area (Å²) in [5, 5.41) is -0.163. The van der Waals surface area contributed by atoms with E-state index in [4.69, 9.17) is 16.0 Å². The number of benzene rings is 1. The maximum atomic E-state index is 12.9. The molecule has 0 aliphatic heterocycles. The van der Waals surface area contributed by atoms with Gasteiger partial charge in [0, 0.05) is 14.1 Å². The van der Waals surface area contributed by atoms with Crippen LogP contribution in [0.2, 0.25) is 5.02 Å². The zero-order valence-corrected chi connectivity index (χ0v) is 15.9. The number of amides is 1. The van der Waals surface area contributed by atoms with E-state index in [1.165, 1.54) is 38.6 Å². The van der Waals surface area contributed by atoms with E-state index >= 15 is 0 Å². The first-order chi connectivity index (χ1) is 12.4. The molecule has 1 aromatic heterocycles. The van der Waals surface area contributed by atoms with Crippen molar-refractivity contribution in [1.82, 2.24) is 9.21 Å². The molecule has 0 N–H and O–H groups in total. The van der Waals surface area contributed by atoms with E-state index in [2.05, 4.69) is 0 Å². The summed E-state index contributed by atoms with van der Waals surface area (Å²) in [5.41, 5.74) is -0.351. The SMILES string of the molecule is CN(C)S(=O)(=O)c1ccc(Cl)c(C(=O)N(Cc2ccco2)CC(F)(F)F)c1. The summed E-state index contributed by atoms with van der Waals surface area (Å²) in [7, 11) is -1.32. The second-order valence-corrected chi connectivity index (χ2v) is 8.34. The van der Waals surface area contributed by atoms with Gasteiger partial charge in [0.1, 0.15) is 12.3 Å². The summed E-state index contributed by atoms with van der Waals surface area (Å²) < 4.78 is 69.2. The third-order valence-corrected chi connectivity index (χ3v) is 5.67. The van der Waals surface area contributed by atoms with E-state index < -0.39 is 35.2 Å². The third-order valence-electron chi connectivity index (χ3n) is 3.53. The van der Waals surface area contributed by atoms with Crippen molar-refractivity contribution in [1.29, 1.82) is 0 Å². The molecule has 0 unspecified atom stereocenters. The van der Waals surface area contributed by atoms with Crippen LogP contribution < -0.4 is 0 Å². The standard InChI is InChI=1S/C16H16ClF3N2O4S/c1-21(2)27(24,25)12-5-6-14(17)13(8-12)15(23)22(10-16(18,19)20)9-11-4-3-7-26-11/h3-8H,9-10H2,1-2H3. The number of carbonyl (C=O) groups is 1. The quantitative estimate of drug-likeness (QED) is 0.712. The van der Waals surface area contributed by atoms with E-state index in [-0.39, 0.29) is 21.2 Å². The van der Waals surface area contributed by atoms with Crippen molar-refractivity contribution in [2.24, 2.45) is 0 Å². The average molecular weight is 425 g/mol. The molecule has 0 atom stereocenters. The summed E-state index contributed by atoms with van der Waals surface area (Å²) in [5.74, 6) is -0.926. The number of alkyl halides is 3. The fraction of sp³-hybridized carbons (Fsp3) is 0.312. The van der Waals surface area contributed by atoms with Crippen molar-refractivity contribution in [3.63, 3.8) is 0 Å². The van der Waals surface area contributed by atoms with Crippen molar-refractivity contribution >= 4 is 27.5 Å². The molecule has 2 rings (SSSR count). The summed E-state index contributed by atoms with van der Waals surface area (Å²) >= 11 is 5.96. The van der Waals surface area contributed by atoms with Crippen molar-refractivity contribution in [3.8, 4) is 0 Å². The molecule has 0 radical (unpaired) electrons. The molecule has 6 nitrogen and oxygen atoms in total. The minimum absolute atomic E-state index is 0.140. The van der Waals surface area contributed by atoms with Crippen LogP contribution in [0.4, 0.5) is 13.2 Å². The van der Waals surface area contributed by atoms with E-state index in [0.29, 0.717) is 4.90 Å². The molecule has 0 aliphatic rings. The van der Waals surface area contributed by atoms with E-state index in [0.717, 1.165) is 16.4 Å². The van der Waals surface area contributed by atoms with Gasteiger partial charge in [0.15, 0.2) is 0 Å². The van der Waals surface area contributed by atoms with Gasteiger partial charge < -0.3 is 9.32 Å². The lowest BCUT2D eigenvalue weighted by Crippen LogP contribution is -2.38. The zero-order chi connectivity index (χ0) is 20.4. The summed E-state index contributed by atoms with van der Waals surface area (Å²) in [6.45, 7) is -2.00. The molecule has 1 amide bonds. The Morgan fingerprint density at radius 2 is 1.89 bits per heavy atom. The van der Waals surface area contributed by atoms with E-state index in [9.17, 15) is 26.4 Å². The fourth-order valence-electron chi connectivity index (χ4n) is 2.22. The predicted molar refractivity (Wildman–Crippen MR) is 91.8 cm³/mol. The molecule has 1 aromatic carbocycles. The first-order valence-electron chi connectivity index (χ1n) is 7.52. The normalized spacial score (nSPS) is 12.4. The van der Waals surface area contributed by atoms with Gasteiger partial charge >= 0.3 is 6.18 Å². The fourth-order valence-corrected chi connectivity index (χ4v) is 3.34. The summed E-state index contributed by atoms with van der Waals surface area (Å²) in [6, 6.07) is 6.19. The van der Waals surface area contributed by atoms with Gasteiger partial charge in [-0.05, 0) is 30.3 Å². The minimum Gasteiger partial charge on any atom is -0.467 e. The Morgan fingerprint density at radius 3 is 2.41 bits per heavy atom. The van der Waals surface area contributed by atoms with Gasteiger partial charge in [-0.1, -0.05) is 11.6 Å². The monoisotopic (exact) mass is 424 g/mol. The molecule has 0 bridgehead atoms. The molecule has 27 heavy (non-hydrogen) atoms. The van der Waals surface area contributed by atoms with E-state index in [1.807, 2.05) is 0 Å². The minimum atomic E-state index is -4.66. The highest BCUT2D eigenvalue weighted by atomic mass is 35.5. The smallest absolute Gasteiger partial charge is 0.406 e. The van der Waals surface area contributed by atoms with Crippen molar-refractivity contribution < 1.29 is 30.8 Å². The molecule has 0 spiro atoms. The number of halogens is 4. The average Bonchev–Trinajstić information content (AvgIpc) is 3.05. The first-order valence-corrected chi connectivity index (χ1v) is 9.34. The molecule has 0 saturated carbocycles. The third kappa shape index (κ3) is 5.24. The Kier molecular flexibility index (Phi) is 6.23. The Balaban J connectivity index is 2.44. The van der Waals surface area contributed by atoms with Crippen LogP contribution in [0, 0.1) is 0 Å². The number of furan rings is 1. The Hall–Kier alpha value is -2.04. The lowest BCUT2D eigenvalue weighted by Gasteiger charge is -2.24. The van der Waals surface area contributed by atoms with Gasteiger partial charge in [-0.25, -0.2) is 12.7 Å². The van der Waals surface area contributed by atoms with Gasteiger partial charge in [-0.2, -0.15) is 13.2 Å². The van der Waals surface area contributed by atoms with Crippen LogP contribution in [-0.4, -0.2) is 50.3 Å². The largest absolute Gasteiger partial charge is 0.467 e. The van der Waals surface area contributed by atoms with Crippen LogP contribution in [0.5, 0.6) is 0 Å². The molecule has 148 valence electrons. The molecule has 0 aliphatic carbocycles. The Morgan fingerprint density at radius 1 is 1.22 bits per heavy atom. The zero-order valence-electron chi connectivity index (χ0n) is 14.3. The summed E-state index contributed by atoms with van der Waals surface area (Å²) in [6.07, 6.45) is -3.40. The molecule has 2 aromatic rings. The molecule has 0 fully saturated rings. The topological polar surface area (TPSA) is 70.8 Å². The highest BCUT2D eigenvalue weighted by molar-refractivity contribution is 7.89. The van der Waals surface area contributed by atoms with Crippen molar-refractivity contribution in [2.45, 2.75) is 17.6 Å². The van der Waals surface area contributed by atoms with Crippen molar-refractivity contribution in [3.05, 3.63) is 52.9 Å². The van der Waals surface area contributed by atoms with E-state index in [1.54, 1.807) is 0 Å². The van der Waals surface area contributed by atoms with Gasteiger partial charge in [0.2, 0.25) is 10.0 Å². The maximum Gasteiger partial charge on any atom is 0.406 e. The molecule has 11 heteroatoms. The Bertz CT molecular complexity index is 912. The molecule has 1 heterocycles. The molecule has 0 saturated heterocycles. The van der Waals surface area contributed by atoms with Crippen LogP contribution in [-0.2, 0) is 16.6 Å². The number of sulfonamides is 1. The van der Waals surface area contributed by atoms with Gasteiger partial charge in [0.25, 0.3) is 5.91 Å². The van der Waals surface area contributed by atoms with Gasteiger partial charge in [-0.15, -0.1) is 0 Å². The second kappa shape index (κ2) is 7.91. The van der Waals surface area contributed by atoms with Crippen LogP contribution in [0.25, 0.3) is 0 Å². The van der Waals surface area contributed by atoms with Crippen molar-refractivity contribution in [2.75, 3.05) is 20.6 Å². The number of nitrogens with zero attached hydrogens (tertiary/aromatic N) is 2. The Labute approximate surface area is 159 Å². The highest BCUT2D eigenvalue weighted by Crippen LogP contribution is 2.26. The number of hydrogen-bond acceptors (Lipinski definition) is 4. The van der Waals surface area contributed by atoms with Gasteiger partial charge in [-0.3, -0.25) is 4.79 Å². The second-order valence-electron chi connectivity index (χ2n) is 5.78. The lowest BCUT2D eigenvalue weighted by molar-refractivity contribution is -0.142. The lowest BCUT2D eigenvalue weighted by atomic mass is 10.2. The number of rotatable bonds is 6. The van der Waals surface area contributed by atoms with Crippen LogP contribution in [0.3, 0.4) is 0 Å². The summed E-state index contributed by atoms with van der Waals surface area (Å²) in [4.78, 5) is 12.9. The van der Waals surface area contributed by atoms with Gasteiger partial charge in [0.05, 0.1) is 28.3 Å². The predicted octanol–water partition coefficient (Wildman–Crippen LogP) is 3.39. The van der Waals surface area contributed by atoms with Crippen LogP contribution >= 0.6 is 11.6 Å². The first kappa shape index (κ1) is 21.3. The number of hydrogen-bond donors (Lipinski definition) is 0. The molecular weight excluding hydrogens is 409 g/mol. The highest BCUT2D eigenvalue weighted by Gasteiger charge is 2.34. The molecular formula is C16H16ClF3N2O4S. The number of carbonyl (C=O) groups excluding carboxylic acids is 1. The maximum absolute atomic E-state index is 12.9. The van der Waals surface area contributed by atoms with Crippen LogP contribution in [0.15, 0.2) is 45.9 Å².